The molecular weight excluding hydrogens is 605 g/mol. The molecule has 0 aliphatic rings. The van der Waals surface area contributed by atoms with E-state index in [1.54, 1.807) is 0 Å². The Kier molecular flexibility index (Phi) is 4.87. The van der Waals surface area contributed by atoms with Gasteiger partial charge in [0.15, 0.2) is 0 Å². The number of hydrogen-bond acceptors (Lipinski definition) is 1. The van der Waals surface area contributed by atoms with Crippen molar-refractivity contribution in [1.29, 1.82) is 0 Å². The topological polar surface area (TPSA) is 13.1 Å². The van der Waals surface area contributed by atoms with Gasteiger partial charge in [-0.1, -0.05) is 158 Å². The van der Waals surface area contributed by atoms with Crippen molar-refractivity contribution in [2.24, 2.45) is 0 Å². The van der Waals surface area contributed by atoms with Crippen LogP contribution in [-0.2, 0) is 0 Å². The smallest absolute Gasteiger partial charge is 0.136 e. The fraction of sp³-hybridized carbons (Fsp3) is 0.0204. The highest BCUT2D eigenvalue weighted by Crippen LogP contribution is 2.47. The highest BCUT2D eigenvalue weighted by molar-refractivity contribution is 6.23. The lowest BCUT2D eigenvalue weighted by Crippen LogP contribution is -1.92. The number of hydrogen-bond donors (Lipinski definition) is 0. The van der Waals surface area contributed by atoms with E-state index in [1.165, 1.54) is 0 Å². The van der Waals surface area contributed by atoms with Gasteiger partial charge in [-0.2, -0.15) is 0 Å². The molecule has 0 amide bonds. The van der Waals surface area contributed by atoms with Gasteiger partial charge in [-0.15, -0.1) is 0 Å². The van der Waals surface area contributed by atoms with Crippen LogP contribution in [0.5, 0.6) is 0 Å². The zero-order valence-corrected chi connectivity index (χ0v) is 27.0. The third-order valence-corrected chi connectivity index (χ3v) is 9.87. The van der Waals surface area contributed by atoms with E-state index in [-0.39, 0.29) is 45.7 Å². The molecule has 1 nitrogen and oxygen atoms in total. The van der Waals surface area contributed by atoms with Crippen LogP contribution >= 0.6 is 0 Å². The molecule has 10 rings (SSSR count). The maximum atomic E-state index is 9.41. The van der Waals surface area contributed by atoms with Gasteiger partial charge in [0.05, 0.1) is 11.0 Å². The van der Waals surface area contributed by atoms with Crippen LogP contribution in [0.1, 0.15) is 16.5 Å². The number of aryl methyl sites for hydroxylation is 1. The van der Waals surface area contributed by atoms with Crippen molar-refractivity contribution in [1.82, 2.24) is 0 Å². The lowest BCUT2D eigenvalue weighted by molar-refractivity contribution is 0.669. The number of para-hydroxylation sites is 1. The zero-order valence-electron chi connectivity index (χ0n) is 35.0. The van der Waals surface area contributed by atoms with Gasteiger partial charge < -0.3 is 4.42 Å². The SMILES string of the molecule is [2H]c1c([2H])c([2H])c2c(-c3cccc4ccccc34)c3c([2H])c([2H])c([2H])c([2H])c3c(-c3ccc(-c4c(-c5ccccc5C)ccc5oc6ccccc6c45)cc3)c2c1[2H]. The predicted octanol–water partition coefficient (Wildman–Crippen LogP) is 14.0. The highest BCUT2D eigenvalue weighted by Gasteiger charge is 2.20. The molecule has 1 heterocycles. The Balaban J connectivity index is 1.34. The molecule has 0 aliphatic carbocycles. The van der Waals surface area contributed by atoms with Crippen molar-refractivity contribution in [2.45, 2.75) is 6.92 Å². The minimum atomic E-state index is -0.430. The normalized spacial score (nSPS) is 13.9. The van der Waals surface area contributed by atoms with Gasteiger partial charge in [-0.3, -0.25) is 0 Å². The lowest BCUT2D eigenvalue weighted by Gasteiger charge is -2.19. The summed E-state index contributed by atoms with van der Waals surface area (Å²) >= 11 is 0. The van der Waals surface area contributed by atoms with Gasteiger partial charge in [0, 0.05) is 16.3 Å². The van der Waals surface area contributed by atoms with Crippen molar-refractivity contribution in [3.05, 3.63) is 181 Å². The molecule has 1 heteroatoms. The molecule has 1 aromatic heterocycles. The molecule has 10 aromatic rings. The summed E-state index contributed by atoms with van der Waals surface area (Å²) in [5.74, 6) is 0. The molecular formula is C49H32O. The van der Waals surface area contributed by atoms with Gasteiger partial charge in [-0.25, -0.2) is 0 Å². The second-order valence-electron chi connectivity index (χ2n) is 12.6. The van der Waals surface area contributed by atoms with Crippen LogP contribution in [-0.4, -0.2) is 0 Å². The zero-order chi connectivity index (χ0) is 40.1. The maximum Gasteiger partial charge on any atom is 0.136 e. The van der Waals surface area contributed by atoms with Gasteiger partial charge >= 0.3 is 0 Å². The fourth-order valence-electron chi connectivity index (χ4n) is 7.65. The summed E-state index contributed by atoms with van der Waals surface area (Å²) in [6.45, 7) is 2.09. The van der Waals surface area contributed by atoms with Gasteiger partial charge in [0.25, 0.3) is 0 Å². The first kappa shape index (κ1) is 21.5. The molecule has 234 valence electrons. The summed E-state index contributed by atoms with van der Waals surface area (Å²) in [6.07, 6.45) is 0. The molecule has 0 unspecified atom stereocenters. The van der Waals surface area contributed by atoms with Crippen LogP contribution in [0, 0.1) is 6.92 Å². The number of furan rings is 1. The molecule has 0 N–H and O–H groups in total. The molecule has 0 radical (unpaired) electrons. The number of rotatable bonds is 4. The summed E-state index contributed by atoms with van der Waals surface area (Å²) in [7, 11) is 0. The summed E-state index contributed by atoms with van der Waals surface area (Å²) < 4.78 is 79.3. The number of benzene rings is 9. The van der Waals surface area contributed by atoms with Crippen LogP contribution in [0.4, 0.5) is 0 Å². The average molecular weight is 645 g/mol. The monoisotopic (exact) mass is 644 g/mol. The standard InChI is InChI=1S/C49H32O/c1-31-13-2-4-16-35(31)42-29-30-45-49(43-22-10-11-24-44(43)50-45)47(42)34-27-25-33(26-28-34)46-38-18-6-8-20-40(38)48(41-21-9-7-19-39(41)46)37-23-12-15-32-14-3-5-17-36(32)37/h2-30H,1H3/i6D,7D,8D,9D,18D,19D,20D,21D. The molecule has 0 saturated heterocycles. The Morgan fingerprint density at radius 3 is 1.68 bits per heavy atom. The van der Waals surface area contributed by atoms with E-state index in [9.17, 15) is 5.48 Å². The highest BCUT2D eigenvalue weighted by atomic mass is 16.3. The number of fused-ring (bicyclic) bond motifs is 6. The van der Waals surface area contributed by atoms with E-state index in [2.05, 4.69) is 31.2 Å². The van der Waals surface area contributed by atoms with Crippen molar-refractivity contribution in [3.63, 3.8) is 0 Å². The largest absolute Gasteiger partial charge is 0.456 e. The molecule has 0 saturated carbocycles. The van der Waals surface area contributed by atoms with Gasteiger partial charge in [0.2, 0.25) is 0 Å². The Hall–Kier alpha value is -6.44. The lowest BCUT2D eigenvalue weighted by atomic mass is 9.84. The van der Waals surface area contributed by atoms with E-state index in [0.29, 0.717) is 22.3 Å². The minimum Gasteiger partial charge on any atom is -0.456 e. The molecule has 50 heavy (non-hydrogen) atoms. The maximum absolute atomic E-state index is 9.41. The first-order valence-electron chi connectivity index (χ1n) is 20.6. The fourth-order valence-corrected chi connectivity index (χ4v) is 7.65. The molecule has 0 aliphatic heterocycles. The van der Waals surface area contributed by atoms with Crippen molar-refractivity contribution < 1.29 is 15.4 Å². The Morgan fingerprint density at radius 2 is 0.960 bits per heavy atom. The quantitative estimate of drug-likeness (QED) is 0.174. The second kappa shape index (κ2) is 11.3. The summed E-state index contributed by atoms with van der Waals surface area (Å²) in [5, 5.41) is 4.35. The van der Waals surface area contributed by atoms with Crippen LogP contribution < -0.4 is 0 Å². The van der Waals surface area contributed by atoms with Crippen molar-refractivity contribution in [3.8, 4) is 44.5 Å². The Labute approximate surface area is 301 Å². The van der Waals surface area contributed by atoms with Crippen LogP contribution in [0.25, 0.3) is 98.8 Å². The van der Waals surface area contributed by atoms with E-state index >= 15 is 0 Å². The molecule has 9 aromatic carbocycles. The van der Waals surface area contributed by atoms with Crippen LogP contribution in [0.2, 0.25) is 0 Å². The van der Waals surface area contributed by atoms with Gasteiger partial charge in [0.1, 0.15) is 11.2 Å². The molecule has 0 bridgehead atoms. The predicted molar refractivity (Wildman–Crippen MR) is 213 cm³/mol. The summed E-state index contributed by atoms with van der Waals surface area (Å²) in [6, 6.07) is 38.4. The van der Waals surface area contributed by atoms with E-state index < -0.39 is 24.2 Å². The third-order valence-electron chi connectivity index (χ3n) is 9.87. The van der Waals surface area contributed by atoms with Crippen molar-refractivity contribution in [2.75, 3.05) is 0 Å². The molecule has 0 spiro atoms. The van der Waals surface area contributed by atoms with E-state index in [4.69, 9.17) is 9.90 Å². The van der Waals surface area contributed by atoms with Crippen LogP contribution in [0.15, 0.2) is 180 Å². The first-order valence-corrected chi connectivity index (χ1v) is 16.6. The van der Waals surface area contributed by atoms with Crippen molar-refractivity contribution >= 4 is 54.3 Å². The molecule has 0 fully saturated rings. The van der Waals surface area contributed by atoms with E-state index in [0.717, 1.165) is 60.5 Å². The molecule has 0 atom stereocenters. The minimum absolute atomic E-state index is 0.183. The summed E-state index contributed by atoms with van der Waals surface area (Å²) in [4.78, 5) is 0. The van der Waals surface area contributed by atoms with Gasteiger partial charge in [-0.05, 0) is 102 Å². The van der Waals surface area contributed by atoms with E-state index in [1.807, 2.05) is 103 Å². The van der Waals surface area contributed by atoms with Crippen LogP contribution in [0.3, 0.4) is 0 Å². The Bertz CT molecular complexity index is 3300. The average Bonchev–Trinajstić information content (AvgIpc) is 3.64. The Morgan fingerprint density at radius 1 is 0.400 bits per heavy atom. The third kappa shape index (κ3) is 4.34. The summed E-state index contributed by atoms with van der Waals surface area (Å²) in [5.41, 5.74) is 8.35. The second-order valence-corrected chi connectivity index (χ2v) is 12.6. The first-order chi connectivity index (χ1) is 28.1.